The number of benzene rings is 1. The summed E-state index contributed by atoms with van der Waals surface area (Å²) in [4.78, 5) is 37.7. The Hall–Kier alpha value is -2.27. The molecule has 1 aromatic heterocycles. The Labute approximate surface area is 161 Å². The van der Waals surface area contributed by atoms with Gasteiger partial charge in [0.15, 0.2) is 6.23 Å². The summed E-state index contributed by atoms with van der Waals surface area (Å²) < 4.78 is 7.42. The molecule has 1 fully saturated rings. The van der Waals surface area contributed by atoms with E-state index in [1.807, 2.05) is 0 Å². The summed E-state index contributed by atoms with van der Waals surface area (Å²) in [6, 6.07) is 6.71. The predicted octanol–water partition coefficient (Wildman–Crippen LogP) is -0.343. The lowest BCUT2D eigenvalue weighted by Crippen LogP contribution is -2.40. The van der Waals surface area contributed by atoms with Crippen LogP contribution in [0.2, 0.25) is 0 Å². The number of aryl methyl sites for hydroxylation is 1. The second kappa shape index (κ2) is 7.77. The first-order valence-electron chi connectivity index (χ1n) is 8.15. The summed E-state index contributed by atoms with van der Waals surface area (Å²) in [5.41, 5.74) is -0.619. The van der Waals surface area contributed by atoms with Crippen molar-refractivity contribution >= 4 is 21.8 Å². The monoisotopic (exact) mass is 439 g/mol. The average molecular weight is 440 g/mol. The summed E-state index contributed by atoms with van der Waals surface area (Å²) >= 11 is 3.28. The minimum atomic E-state index is -1.40. The molecule has 2 heterocycles. The number of nitrogens with one attached hydrogen (secondary N) is 2. The van der Waals surface area contributed by atoms with Gasteiger partial charge in [0.1, 0.15) is 18.3 Å². The van der Waals surface area contributed by atoms with Crippen molar-refractivity contribution in [2.75, 3.05) is 6.54 Å². The highest BCUT2D eigenvalue weighted by Crippen LogP contribution is 2.28. The van der Waals surface area contributed by atoms with Gasteiger partial charge in [-0.15, -0.1) is 0 Å². The van der Waals surface area contributed by atoms with Crippen LogP contribution >= 0.6 is 15.9 Å². The van der Waals surface area contributed by atoms with Gasteiger partial charge in [0, 0.05) is 28.3 Å². The fourth-order valence-corrected chi connectivity index (χ4v) is 3.06. The van der Waals surface area contributed by atoms with E-state index < -0.39 is 35.8 Å². The van der Waals surface area contributed by atoms with Crippen molar-refractivity contribution in [1.29, 1.82) is 0 Å². The third kappa shape index (κ3) is 4.03. The molecule has 0 bridgehead atoms. The molecule has 1 aliphatic heterocycles. The quantitative estimate of drug-likeness (QED) is 0.514. The Balaban J connectivity index is 1.71. The largest absolute Gasteiger partial charge is 0.387 e. The summed E-state index contributed by atoms with van der Waals surface area (Å²) in [5, 5.41) is 23.1. The van der Waals surface area contributed by atoms with Crippen LogP contribution in [0.4, 0.5) is 0 Å². The van der Waals surface area contributed by atoms with Gasteiger partial charge in [0.2, 0.25) is 0 Å². The van der Waals surface area contributed by atoms with Gasteiger partial charge in [-0.2, -0.15) is 0 Å². The molecule has 2 aromatic rings. The molecule has 1 aromatic carbocycles. The summed E-state index contributed by atoms with van der Waals surface area (Å²) in [6.45, 7) is 1.43. The number of aromatic amines is 1. The third-order valence-corrected chi connectivity index (χ3v) is 4.86. The van der Waals surface area contributed by atoms with Crippen molar-refractivity contribution in [2.24, 2.45) is 0 Å². The SMILES string of the molecule is Cc1cn([C@@H]2O[C@H](CNC(=O)c3ccc(Br)cc3)C(O)C2O)c(=O)[nH]c1=O. The molecule has 27 heavy (non-hydrogen) atoms. The highest BCUT2D eigenvalue weighted by molar-refractivity contribution is 9.10. The molecule has 0 aliphatic carbocycles. The minimum absolute atomic E-state index is 0.0687. The van der Waals surface area contributed by atoms with Crippen LogP contribution in [0.15, 0.2) is 44.5 Å². The van der Waals surface area contributed by atoms with E-state index in [4.69, 9.17) is 4.74 Å². The third-order valence-electron chi connectivity index (χ3n) is 4.33. The first-order chi connectivity index (χ1) is 12.8. The summed E-state index contributed by atoms with van der Waals surface area (Å²) in [7, 11) is 0. The van der Waals surface area contributed by atoms with Crippen LogP contribution < -0.4 is 16.6 Å². The maximum absolute atomic E-state index is 12.2. The van der Waals surface area contributed by atoms with Crippen LogP contribution in [0.1, 0.15) is 22.1 Å². The molecule has 0 spiro atoms. The van der Waals surface area contributed by atoms with Crippen LogP contribution in [-0.2, 0) is 4.74 Å². The maximum atomic E-state index is 12.2. The van der Waals surface area contributed by atoms with E-state index in [-0.39, 0.29) is 18.0 Å². The Morgan fingerprint density at radius 3 is 2.59 bits per heavy atom. The predicted molar refractivity (Wildman–Crippen MR) is 98.5 cm³/mol. The fraction of sp³-hybridized carbons (Fsp3) is 0.353. The number of ether oxygens (including phenoxy) is 1. The standard InChI is InChI=1S/C17H18BrN3O6/c1-8-7-21(17(26)20-14(8)24)16-13(23)12(22)11(27-16)6-19-15(25)9-2-4-10(18)5-3-9/h2-5,7,11-13,16,22-23H,6H2,1H3,(H,19,25)(H,20,24,26)/t11-,12?,13?,16-/m1/s1. The number of carbonyl (C=O) groups excluding carboxylic acids is 1. The molecule has 1 amide bonds. The number of aromatic nitrogens is 2. The minimum Gasteiger partial charge on any atom is -0.387 e. The number of H-pyrrole nitrogens is 1. The van der Waals surface area contributed by atoms with Crippen molar-refractivity contribution in [1.82, 2.24) is 14.9 Å². The smallest absolute Gasteiger partial charge is 0.330 e. The molecule has 1 saturated heterocycles. The summed E-state index contributed by atoms with van der Waals surface area (Å²) in [5.74, 6) is -0.367. The second-order valence-electron chi connectivity index (χ2n) is 6.24. The van der Waals surface area contributed by atoms with Crippen LogP contribution in [0.3, 0.4) is 0 Å². The maximum Gasteiger partial charge on any atom is 0.330 e. The zero-order valence-corrected chi connectivity index (χ0v) is 15.8. The molecule has 0 radical (unpaired) electrons. The van der Waals surface area contributed by atoms with Gasteiger partial charge >= 0.3 is 5.69 Å². The molecule has 1 aliphatic rings. The lowest BCUT2D eigenvalue weighted by atomic mass is 10.1. The normalized spacial score (nSPS) is 24.7. The van der Waals surface area contributed by atoms with E-state index in [2.05, 4.69) is 26.2 Å². The average Bonchev–Trinajstić information content (AvgIpc) is 2.91. The second-order valence-corrected chi connectivity index (χ2v) is 7.16. The van der Waals surface area contributed by atoms with Crippen LogP contribution in [0.5, 0.6) is 0 Å². The number of aliphatic hydroxyl groups excluding tert-OH is 2. The van der Waals surface area contributed by atoms with E-state index in [1.165, 1.54) is 13.1 Å². The molecule has 144 valence electrons. The molecule has 0 saturated carbocycles. The number of carbonyl (C=O) groups is 1. The fourth-order valence-electron chi connectivity index (χ4n) is 2.80. The molecule has 2 unspecified atom stereocenters. The first-order valence-corrected chi connectivity index (χ1v) is 8.94. The number of hydrogen-bond donors (Lipinski definition) is 4. The van der Waals surface area contributed by atoms with Crippen molar-refractivity contribution in [3.05, 3.63) is 66.9 Å². The number of nitrogens with zero attached hydrogens (tertiary/aromatic N) is 1. The van der Waals surface area contributed by atoms with Gasteiger partial charge in [0.05, 0.1) is 0 Å². The van der Waals surface area contributed by atoms with E-state index in [1.54, 1.807) is 24.3 Å². The Kier molecular flexibility index (Phi) is 5.61. The van der Waals surface area contributed by atoms with E-state index >= 15 is 0 Å². The number of rotatable bonds is 4. The lowest BCUT2D eigenvalue weighted by molar-refractivity contribution is -0.0388. The molecule has 4 N–H and O–H groups in total. The van der Waals surface area contributed by atoms with E-state index in [0.717, 1.165) is 9.04 Å². The van der Waals surface area contributed by atoms with Gasteiger partial charge < -0.3 is 20.3 Å². The highest BCUT2D eigenvalue weighted by atomic mass is 79.9. The van der Waals surface area contributed by atoms with Gasteiger partial charge in [-0.1, -0.05) is 15.9 Å². The zero-order valence-electron chi connectivity index (χ0n) is 14.3. The van der Waals surface area contributed by atoms with Gasteiger partial charge in [-0.05, 0) is 31.2 Å². The number of hydrogen-bond acceptors (Lipinski definition) is 6. The molecular formula is C17H18BrN3O6. The Morgan fingerprint density at radius 1 is 1.26 bits per heavy atom. The highest BCUT2D eigenvalue weighted by Gasteiger charge is 2.44. The molecule has 9 nitrogen and oxygen atoms in total. The Morgan fingerprint density at radius 2 is 1.93 bits per heavy atom. The van der Waals surface area contributed by atoms with Crippen LogP contribution in [0.25, 0.3) is 0 Å². The molecule has 3 rings (SSSR count). The Bertz CT molecular complexity index is 954. The van der Waals surface area contributed by atoms with Crippen LogP contribution in [0, 0.1) is 6.92 Å². The van der Waals surface area contributed by atoms with Crippen molar-refractivity contribution in [2.45, 2.75) is 31.5 Å². The van der Waals surface area contributed by atoms with Crippen LogP contribution in [-0.4, -0.2) is 50.5 Å². The first kappa shape index (κ1) is 19.5. The zero-order chi connectivity index (χ0) is 19.7. The van der Waals surface area contributed by atoms with E-state index in [9.17, 15) is 24.6 Å². The van der Waals surface area contributed by atoms with E-state index in [0.29, 0.717) is 5.56 Å². The van der Waals surface area contributed by atoms with Crippen molar-refractivity contribution in [3.63, 3.8) is 0 Å². The van der Waals surface area contributed by atoms with Crippen molar-refractivity contribution in [3.8, 4) is 0 Å². The topological polar surface area (TPSA) is 134 Å². The molecular weight excluding hydrogens is 422 g/mol. The molecule has 10 heteroatoms. The van der Waals surface area contributed by atoms with Gasteiger partial charge in [-0.25, -0.2) is 4.79 Å². The lowest BCUT2D eigenvalue weighted by Gasteiger charge is -2.17. The summed E-state index contributed by atoms with van der Waals surface area (Å²) in [6.07, 6.45) is -3.58. The van der Waals surface area contributed by atoms with Gasteiger partial charge in [0.25, 0.3) is 11.5 Å². The van der Waals surface area contributed by atoms with Gasteiger partial charge in [-0.3, -0.25) is 19.1 Å². The van der Waals surface area contributed by atoms with Crippen molar-refractivity contribution < 1.29 is 19.7 Å². The number of halogens is 1. The number of aliphatic hydroxyl groups is 2. The number of amides is 1. The molecule has 4 atom stereocenters.